The molecule has 2 rings (SSSR count). The average molecular weight is 260 g/mol. The highest BCUT2D eigenvalue weighted by Gasteiger charge is 2.63. The molecule has 2 atom stereocenters. The number of fused-ring (bicyclic) bond motifs is 2. The predicted octanol–water partition coefficient (Wildman–Crippen LogP) is 2.07. The molecule has 5 heteroatoms. The summed E-state index contributed by atoms with van der Waals surface area (Å²) in [4.78, 5) is 11.8. The molecule has 0 aliphatic heterocycles. The Morgan fingerprint density at radius 2 is 1.76 bits per heavy atom. The van der Waals surface area contributed by atoms with Gasteiger partial charge in [0.15, 0.2) is 5.78 Å². The summed E-state index contributed by atoms with van der Waals surface area (Å²) in [6, 6.07) is 0. The standard InChI is InChI=1S/C11H16O.CH4O3S/c1-7-8-5-6-11(4,9(7)12)10(8,2)3;1-5(2,3)4/h8H,1,5-6H2,2-4H3;1H3,(H,2,3,4). The molecule has 2 aliphatic rings. The van der Waals surface area contributed by atoms with E-state index in [9.17, 15) is 13.2 Å². The molecule has 0 saturated heterocycles. The van der Waals surface area contributed by atoms with Gasteiger partial charge in [-0.05, 0) is 29.7 Å². The van der Waals surface area contributed by atoms with Crippen LogP contribution in [-0.2, 0) is 14.9 Å². The van der Waals surface area contributed by atoms with E-state index in [2.05, 4.69) is 27.4 Å². The normalized spacial score (nSPS) is 34.5. The molecule has 0 spiro atoms. The number of rotatable bonds is 0. The van der Waals surface area contributed by atoms with E-state index in [1.165, 1.54) is 0 Å². The predicted molar refractivity (Wildman–Crippen MR) is 66.2 cm³/mol. The molecule has 0 amide bonds. The van der Waals surface area contributed by atoms with E-state index in [-0.39, 0.29) is 10.8 Å². The first kappa shape index (κ1) is 14.4. The average Bonchev–Trinajstić information content (AvgIpc) is 2.39. The van der Waals surface area contributed by atoms with Crippen LogP contribution in [-0.4, -0.2) is 25.0 Å². The van der Waals surface area contributed by atoms with Crippen molar-refractivity contribution in [3.05, 3.63) is 12.2 Å². The van der Waals surface area contributed by atoms with Crippen molar-refractivity contribution in [3.8, 4) is 0 Å². The van der Waals surface area contributed by atoms with E-state index >= 15 is 0 Å². The molecule has 4 nitrogen and oxygen atoms in total. The van der Waals surface area contributed by atoms with E-state index in [1.54, 1.807) is 0 Å². The number of hydrogen-bond donors (Lipinski definition) is 1. The third-order valence-electron chi connectivity index (χ3n) is 4.44. The fourth-order valence-electron chi connectivity index (χ4n) is 3.03. The summed E-state index contributed by atoms with van der Waals surface area (Å²) in [6.45, 7) is 10.4. The van der Waals surface area contributed by atoms with Crippen LogP contribution in [0.5, 0.6) is 0 Å². The van der Waals surface area contributed by atoms with Crippen LogP contribution >= 0.6 is 0 Å². The number of allylic oxidation sites excluding steroid dienone is 1. The molecule has 98 valence electrons. The van der Waals surface area contributed by atoms with Crippen molar-refractivity contribution in [2.75, 3.05) is 6.26 Å². The van der Waals surface area contributed by atoms with Gasteiger partial charge in [-0.3, -0.25) is 9.35 Å². The zero-order valence-electron chi connectivity index (χ0n) is 10.8. The maximum Gasteiger partial charge on any atom is 0.261 e. The minimum atomic E-state index is -3.67. The van der Waals surface area contributed by atoms with E-state index in [1.807, 2.05) is 0 Å². The largest absolute Gasteiger partial charge is 0.294 e. The van der Waals surface area contributed by atoms with Crippen LogP contribution in [0.4, 0.5) is 0 Å². The van der Waals surface area contributed by atoms with Crippen molar-refractivity contribution < 1.29 is 17.8 Å². The zero-order valence-corrected chi connectivity index (χ0v) is 11.6. The highest BCUT2D eigenvalue weighted by molar-refractivity contribution is 7.85. The lowest BCUT2D eigenvalue weighted by Crippen LogP contribution is -2.32. The quantitative estimate of drug-likeness (QED) is 0.534. The topological polar surface area (TPSA) is 71.4 Å². The van der Waals surface area contributed by atoms with Gasteiger partial charge < -0.3 is 0 Å². The van der Waals surface area contributed by atoms with Crippen LogP contribution in [0, 0.1) is 16.7 Å². The van der Waals surface area contributed by atoms with Crippen LogP contribution in [0.1, 0.15) is 33.6 Å². The molecule has 1 N–H and O–H groups in total. The van der Waals surface area contributed by atoms with E-state index < -0.39 is 10.1 Å². The van der Waals surface area contributed by atoms with Crippen molar-refractivity contribution in [1.82, 2.24) is 0 Å². The van der Waals surface area contributed by atoms with E-state index in [0.717, 1.165) is 18.4 Å². The van der Waals surface area contributed by atoms with Crippen LogP contribution in [0.2, 0.25) is 0 Å². The first-order valence-corrected chi connectivity index (χ1v) is 7.42. The van der Waals surface area contributed by atoms with E-state index in [0.29, 0.717) is 18.0 Å². The van der Waals surface area contributed by atoms with Gasteiger partial charge in [0, 0.05) is 5.41 Å². The van der Waals surface area contributed by atoms with Crippen LogP contribution in [0.3, 0.4) is 0 Å². The molecule has 2 bridgehead atoms. The first-order chi connectivity index (χ1) is 7.41. The molecule has 0 aromatic heterocycles. The second-order valence-electron chi connectivity index (χ2n) is 5.73. The second-order valence-corrected chi connectivity index (χ2v) is 7.20. The maximum absolute atomic E-state index is 11.8. The Morgan fingerprint density at radius 1 is 1.35 bits per heavy atom. The van der Waals surface area contributed by atoms with Crippen molar-refractivity contribution in [2.24, 2.45) is 16.7 Å². The number of ketones is 1. The lowest BCUT2D eigenvalue weighted by Gasteiger charge is -2.31. The van der Waals surface area contributed by atoms with Gasteiger partial charge in [-0.15, -0.1) is 0 Å². The first-order valence-electron chi connectivity index (χ1n) is 5.57. The minimum absolute atomic E-state index is 0.102. The highest BCUT2D eigenvalue weighted by atomic mass is 32.2. The Balaban J connectivity index is 0.000000249. The second kappa shape index (κ2) is 3.92. The third kappa shape index (κ3) is 2.31. The van der Waals surface area contributed by atoms with Crippen LogP contribution in [0.25, 0.3) is 0 Å². The van der Waals surface area contributed by atoms with Crippen molar-refractivity contribution in [1.29, 1.82) is 0 Å². The molecule has 0 radical (unpaired) electrons. The molecule has 0 aromatic carbocycles. The molecule has 2 fully saturated rings. The molecule has 0 heterocycles. The Hall–Kier alpha value is -0.680. The van der Waals surface area contributed by atoms with Gasteiger partial charge in [0.05, 0.1) is 6.26 Å². The van der Waals surface area contributed by atoms with Crippen molar-refractivity contribution >= 4 is 15.9 Å². The Bertz CT molecular complexity index is 453. The van der Waals surface area contributed by atoms with Gasteiger partial charge in [0.1, 0.15) is 0 Å². The molecule has 2 unspecified atom stereocenters. The number of Topliss-reactive ketones (excluding diaryl/α,β-unsaturated/α-hetero) is 1. The van der Waals surface area contributed by atoms with Gasteiger partial charge in [-0.25, -0.2) is 0 Å². The SMILES string of the molecule is C=C1C(=O)C2(C)CCC1C2(C)C.CS(=O)(=O)O. The van der Waals surface area contributed by atoms with Crippen molar-refractivity contribution in [3.63, 3.8) is 0 Å². The number of hydrogen-bond acceptors (Lipinski definition) is 3. The molecular weight excluding hydrogens is 240 g/mol. The molecule has 17 heavy (non-hydrogen) atoms. The van der Waals surface area contributed by atoms with Gasteiger partial charge >= 0.3 is 0 Å². The maximum atomic E-state index is 11.8. The van der Waals surface area contributed by atoms with Gasteiger partial charge in [-0.2, -0.15) is 8.42 Å². The monoisotopic (exact) mass is 260 g/mol. The molecule has 2 aliphatic carbocycles. The molecular formula is C12H20O4S. The summed E-state index contributed by atoms with van der Waals surface area (Å²) in [6.07, 6.45) is 2.93. The number of carbonyl (C=O) groups is 1. The fourth-order valence-corrected chi connectivity index (χ4v) is 3.03. The zero-order chi connectivity index (χ0) is 13.6. The Morgan fingerprint density at radius 3 is 1.94 bits per heavy atom. The third-order valence-corrected chi connectivity index (χ3v) is 4.44. The smallest absolute Gasteiger partial charge is 0.261 e. The van der Waals surface area contributed by atoms with Gasteiger partial charge in [0.25, 0.3) is 10.1 Å². The van der Waals surface area contributed by atoms with E-state index in [4.69, 9.17) is 4.55 Å². The lowest BCUT2D eigenvalue weighted by atomic mass is 9.70. The van der Waals surface area contributed by atoms with Gasteiger partial charge in [0.2, 0.25) is 0 Å². The summed E-state index contributed by atoms with van der Waals surface area (Å²) in [5.74, 6) is 0.777. The van der Waals surface area contributed by atoms with Gasteiger partial charge in [-0.1, -0.05) is 27.4 Å². The highest BCUT2D eigenvalue weighted by Crippen LogP contribution is 2.65. The summed E-state index contributed by atoms with van der Waals surface area (Å²) in [7, 11) is -3.67. The molecule has 2 saturated carbocycles. The summed E-state index contributed by atoms with van der Waals surface area (Å²) < 4.78 is 25.9. The Labute approximate surface area is 103 Å². The summed E-state index contributed by atoms with van der Waals surface area (Å²) in [5, 5.41) is 0. The lowest BCUT2D eigenvalue weighted by molar-refractivity contribution is -0.125. The van der Waals surface area contributed by atoms with Crippen molar-refractivity contribution in [2.45, 2.75) is 33.6 Å². The summed E-state index contributed by atoms with van der Waals surface area (Å²) >= 11 is 0. The fraction of sp³-hybridized carbons (Fsp3) is 0.750. The van der Waals surface area contributed by atoms with Crippen LogP contribution in [0.15, 0.2) is 12.2 Å². The van der Waals surface area contributed by atoms with Crippen LogP contribution < -0.4 is 0 Å². The number of carbonyl (C=O) groups excluding carboxylic acids is 1. The minimum Gasteiger partial charge on any atom is -0.294 e. The molecule has 0 aromatic rings. The summed E-state index contributed by atoms with van der Waals surface area (Å²) in [5.41, 5.74) is 0.935. The Kier molecular flexibility index (Phi) is 3.31.